The molecular formula is C29H29BrN2O8. The Morgan fingerprint density at radius 3 is 2.55 bits per heavy atom. The molecule has 2 aromatic heterocycles. The highest BCUT2D eigenvalue weighted by atomic mass is 79.9. The van der Waals surface area contributed by atoms with E-state index in [-0.39, 0.29) is 36.0 Å². The molecule has 4 heterocycles. The third kappa shape index (κ3) is 4.55. The van der Waals surface area contributed by atoms with E-state index in [1.54, 1.807) is 56.5 Å². The highest BCUT2D eigenvalue weighted by Gasteiger charge is 2.50. The molecule has 0 saturated heterocycles. The van der Waals surface area contributed by atoms with Gasteiger partial charge in [-0.25, -0.2) is 14.6 Å². The Morgan fingerprint density at radius 2 is 1.90 bits per heavy atom. The minimum Gasteiger partial charge on any atom is -0.457 e. The Labute approximate surface area is 238 Å². The number of esters is 2. The number of carbonyl (C=O) groups is 3. The number of rotatable bonds is 5. The summed E-state index contributed by atoms with van der Waals surface area (Å²) < 4.78 is 23.3. The topological polar surface area (TPSA) is 123 Å². The number of fused-ring (bicyclic) bond motifs is 5. The van der Waals surface area contributed by atoms with Gasteiger partial charge in [0.2, 0.25) is 5.60 Å². The van der Waals surface area contributed by atoms with E-state index in [0.717, 1.165) is 16.5 Å². The lowest BCUT2D eigenvalue weighted by Gasteiger charge is -2.35. The first-order chi connectivity index (χ1) is 18.9. The maximum atomic E-state index is 13.7. The van der Waals surface area contributed by atoms with Crippen LogP contribution in [0.25, 0.3) is 22.3 Å². The number of ether oxygens (including phenoxy) is 4. The zero-order chi connectivity index (χ0) is 29.0. The second kappa shape index (κ2) is 10.0. The van der Waals surface area contributed by atoms with Gasteiger partial charge < -0.3 is 23.5 Å². The van der Waals surface area contributed by atoms with E-state index in [1.165, 1.54) is 0 Å². The Bertz CT molecular complexity index is 1640. The summed E-state index contributed by atoms with van der Waals surface area (Å²) in [6.45, 7) is 9.04. The first-order valence-electron chi connectivity index (χ1n) is 13.0. The van der Waals surface area contributed by atoms with Crippen LogP contribution >= 0.6 is 15.9 Å². The lowest BCUT2D eigenvalue weighted by atomic mass is 9.85. The van der Waals surface area contributed by atoms with Crippen LogP contribution in [-0.4, -0.2) is 38.6 Å². The molecule has 0 fully saturated rings. The van der Waals surface area contributed by atoms with Crippen LogP contribution in [0.1, 0.15) is 63.3 Å². The van der Waals surface area contributed by atoms with Gasteiger partial charge in [0.05, 0.1) is 29.0 Å². The summed E-state index contributed by atoms with van der Waals surface area (Å²) in [4.78, 5) is 56.2. The summed E-state index contributed by atoms with van der Waals surface area (Å²) in [5.41, 5.74) is 1.46. The van der Waals surface area contributed by atoms with Crippen molar-refractivity contribution in [2.45, 2.75) is 71.8 Å². The largest absolute Gasteiger partial charge is 0.514 e. The van der Waals surface area contributed by atoms with E-state index < -0.39 is 29.3 Å². The predicted molar refractivity (Wildman–Crippen MR) is 148 cm³/mol. The van der Waals surface area contributed by atoms with Crippen LogP contribution in [0, 0.1) is 0 Å². The third-order valence-electron chi connectivity index (χ3n) is 7.09. The number of pyridine rings is 2. The number of hydrogen-bond acceptors (Lipinski definition) is 9. The molecule has 0 spiro atoms. The quantitative estimate of drug-likeness (QED) is 0.134. The van der Waals surface area contributed by atoms with E-state index in [2.05, 4.69) is 15.9 Å². The van der Waals surface area contributed by atoms with Gasteiger partial charge >= 0.3 is 18.1 Å². The number of cyclic esters (lactones) is 1. The molecule has 0 N–H and O–H groups in total. The van der Waals surface area contributed by atoms with Crippen LogP contribution in [0.2, 0.25) is 0 Å². The zero-order valence-corrected chi connectivity index (χ0v) is 24.5. The van der Waals surface area contributed by atoms with Crippen LogP contribution in [0.5, 0.6) is 5.75 Å². The minimum atomic E-state index is -1.73. The molecule has 3 aromatic rings. The Balaban J connectivity index is 1.65. The van der Waals surface area contributed by atoms with E-state index in [4.69, 9.17) is 23.9 Å². The standard InChI is InChI=1S/C29H29BrN2O8/c1-6-16-17-10-15(38-27(36)40-28(3,4)5)8-9-21(17)31-24-18(16)13-32-22(24)11-20-19(25(32)34)14-37-26(35)29(20,7-2)39-23(33)12-30/h8-11H,6-7,12-14H2,1-5H3/t29-/m0/s1. The number of alkyl halides is 1. The summed E-state index contributed by atoms with van der Waals surface area (Å²) in [6.07, 6.45) is -0.0809. The van der Waals surface area contributed by atoms with Crippen molar-refractivity contribution in [3.8, 4) is 17.1 Å². The molecule has 2 aliphatic heterocycles. The molecule has 0 aliphatic carbocycles. The number of aryl methyl sites for hydroxylation is 1. The predicted octanol–water partition coefficient (Wildman–Crippen LogP) is 4.90. The Kier molecular flexibility index (Phi) is 6.98. The van der Waals surface area contributed by atoms with Crippen molar-refractivity contribution < 1.29 is 33.3 Å². The fourth-order valence-corrected chi connectivity index (χ4v) is 5.47. The van der Waals surface area contributed by atoms with Gasteiger partial charge in [-0.3, -0.25) is 9.59 Å². The molecule has 0 saturated carbocycles. The average molecular weight is 613 g/mol. The average Bonchev–Trinajstić information content (AvgIpc) is 3.26. The lowest BCUT2D eigenvalue weighted by Crippen LogP contribution is -2.47. The van der Waals surface area contributed by atoms with Gasteiger partial charge in [-0.15, -0.1) is 0 Å². The number of nitrogens with zero attached hydrogens (tertiary/aromatic N) is 2. The smallest absolute Gasteiger partial charge is 0.457 e. The molecule has 0 unspecified atom stereocenters. The molecule has 40 heavy (non-hydrogen) atoms. The number of aromatic nitrogens is 2. The van der Waals surface area contributed by atoms with E-state index >= 15 is 0 Å². The second-order valence-electron chi connectivity index (χ2n) is 10.7. The summed E-state index contributed by atoms with van der Waals surface area (Å²) in [5.74, 6) is -1.04. The molecule has 10 nitrogen and oxygen atoms in total. The van der Waals surface area contributed by atoms with Gasteiger partial charge in [0.15, 0.2) is 0 Å². The van der Waals surface area contributed by atoms with Crippen LogP contribution < -0.4 is 10.3 Å². The van der Waals surface area contributed by atoms with Crippen molar-refractivity contribution in [2.75, 3.05) is 5.33 Å². The van der Waals surface area contributed by atoms with Crippen LogP contribution in [0.3, 0.4) is 0 Å². The van der Waals surface area contributed by atoms with Crippen molar-refractivity contribution in [1.82, 2.24) is 9.55 Å². The molecule has 1 aromatic carbocycles. The van der Waals surface area contributed by atoms with Gasteiger partial charge in [-0.1, -0.05) is 29.8 Å². The van der Waals surface area contributed by atoms with Gasteiger partial charge in [-0.2, -0.15) is 0 Å². The molecule has 0 amide bonds. The highest BCUT2D eigenvalue weighted by molar-refractivity contribution is 9.09. The maximum absolute atomic E-state index is 13.7. The summed E-state index contributed by atoms with van der Waals surface area (Å²) >= 11 is 3.07. The minimum absolute atomic E-state index is 0.0963. The first-order valence-corrected chi connectivity index (χ1v) is 14.1. The normalized spacial score (nSPS) is 17.5. The number of benzene rings is 1. The monoisotopic (exact) mass is 612 g/mol. The third-order valence-corrected chi connectivity index (χ3v) is 7.54. The molecule has 1 atom stereocenters. The van der Waals surface area contributed by atoms with Crippen molar-refractivity contribution in [3.05, 3.63) is 56.9 Å². The number of carbonyl (C=O) groups excluding carboxylic acids is 3. The zero-order valence-electron chi connectivity index (χ0n) is 22.9. The van der Waals surface area contributed by atoms with Crippen molar-refractivity contribution >= 4 is 44.9 Å². The fraction of sp³-hybridized carbons (Fsp3) is 0.414. The Morgan fingerprint density at radius 1 is 1.15 bits per heavy atom. The Hall–Kier alpha value is -3.73. The van der Waals surface area contributed by atoms with Gasteiger partial charge in [0.25, 0.3) is 5.56 Å². The SMILES string of the molecule is CCc1c2c(nc3ccc(OC(=O)OC(C)(C)C)cc13)-c1cc3c(c(=O)n1C2)COC(=O)[C@@]3(CC)OC(=O)CBr. The van der Waals surface area contributed by atoms with E-state index in [1.807, 2.05) is 6.92 Å². The van der Waals surface area contributed by atoms with Gasteiger partial charge in [0, 0.05) is 16.5 Å². The van der Waals surface area contributed by atoms with Crippen LogP contribution in [0.4, 0.5) is 4.79 Å². The maximum Gasteiger partial charge on any atom is 0.514 e. The van der Waals surface area contributed by atoms with E-state index in [0.29, 0.717) is 34.6 Å². The molecule has 11 heteroatoms. The number of hydrogen-bond donors (Lipinski definition) is 0. The second-order valence-corrected chi connectivity index (χ2v) is 11.3. The molecule has 0 bridgehead atoms. The molecular weight excluding hydrogens is 584 g/mol. The van der Waals surface area contributed by atoms with Crippen LogP contribution in [0.15, 0.2) is 29.1 Å². The summed E-state index contributed by atoms with van der Waals surface area (Å²) in [7, 11) is 0. The molecule has 210 valence electrons. The van der Waals surface area contributed by atoms with Gasteiger partial charge in [-0.05, 0) is 63.4 Å². The molecule has 0 radical (unpaired) electrons. The van der Waals surface area contributed by atoms with Crippen LogP contribution in [-0.2, 0) is 49.0 Å². The molecule has 2 aliphatic rings. The highest BCUT2D eigenvalue weighted by Crippen LogP contribution is 2.42. The first kappa shape index (κ1) is 27.8. The fourth-order valence-electron chi connectivity index (χ4n) is 5.35. The van der Waals surface area contributed by atoms with E-state index in [9.17, 15) is 19.2 Å². The summed E-state index contributed by atoms with van der Waals surface area (Å²) in [6, 6.07) is 6.86. The number of halogens is 1. The summed E-state index contributed by atoms with van der Waals surface area (Å²) in [5, 5.41) is 0.678. The lowest BCUT2D eigenvalue weighted by molar-refractivity contribution is -0.187. The van der Waals surface area contributed by atoms with Crippen molar-refractivity contribution in [3.63, 3.8) is 0 Å². The van der Waals surface area contributed by atoms with Gasteiger partial charge in [0.1, 0.15) is 23.3 Å². The van der Waals surface area contributed by atoms with Crippen molar-refractivity contribution in [1.29, 1.82) is 0 Å². The molecule has 5 rings (SSSR count). The van der Waals surface area contributed by atoms with Crippen molar-refractivity contribution in [2.24, 2.45) is 0 Å².